The molecule has 11 heteroatoms. The Labute approximate surface area is 251 Å². The SMILES string of the molecule is COCCCN1C(=O)C(Nc2ccc(OC)cc2)=C(Sc2cccc(NS(=O)(=O)c3ccc(C(C)(C)C)cc3)c2)C1=O. The summed E-state index contributed by atoms with van der Waals surface area (Å²) >= 11 is 1.10. The van der Waals surface area contributed by atoms with Gasteiger partial charge in [-0.25, -0.2) is 8.42 Å². The predicted molar refractivity (Wildman–Crippen MR) is 165 cm³/mol. The molecule has 0 saturated heterocycles. The van der Waals surface area contributed by atoms with Crippen LogP contribution in [-0.2, 0) is 29.8 Å². The van der Waals surface area contributed by atoms with E-state index in [-0.39, 0.29) is 27.5 Å². The minimum absolute atomic E-state index is 0.102. The smallest absolute Gasteiger partial charge is 0.278 e. The van der Waals surface area contributed by atoms with Crippen LogP contribution in [0.15, 0.2) is 93.2 Å². The van der Waals surface area contributed by atoms with Crippen molar-refractivity contribution < 1.29 is 27.5 Å². The molecule has 1 aliphatic rings. The number of amides is 2. The summed E-state index contributed by atoms with van der Waals surface area (Å²) in [6.45, 7) is 6.80. The predicted octanol–water partition coefficient (Wildman–Crippen LogP) is 5.61. The van der Waals surface area contributed by atoms with Crippen molar-refractivity contribution in [3.8, 4) is 5.75 Å². The van der Waals surface area contributed by atoms with Crippen LogP contribution in [0.1, 0.15) is 32.8 Å². The molecule has 2 amide bonds. The van der Waals surface area contributed by atoms with Gasteiger partial charge in [0.05, 0.1) is 12.0 Å². The molecule has 0 aliphatic carbocycles. The largest absolute Gasteiger partial charge is 0.497 e. The van der Waals surface area contributed by atoms with Crippen LogP contribution in [0.2, 0.25) is 0 Å². The molecule has 2 N–H and O–H groups in total. The van der Waals surface area contributed by atoms with Crippen molar-refractivity contribution in [1.29, 1.82) is 0 Å². The highest BCUT2D eigenvalue weighted by Gasteiger charge is 2.39. The van der Waals surface area contributed by atoms with Gasteiger partial charge in [-0.15, -0.1) is 0 Å². The molecule has 3 aromatic carbocycles. The summed E-state index contributed by atoms with van der Waals surface area (Å²) in [5.74, 6) is -0.212. The zero-order valence-electron chi connectivity index (χ0n) is 24.3. The van der Waals surface area contributed by atoms with E-state index in [0.717, 1.165) is 17.3 Å². The fraction of sp³-hybridized carbons (Fsp3) is 0.290. The highest BCUT2D eigenvalue weighted by molar-refractivity contribution is 8.04. The number of carbonyl (C=O) groups is 2. The van der Waals surface area contributed by atoms with Gasteiger partial charge in [-0.3, -0.25) is 19.2 Å². The average Bonchev–Trinajstić information content (AvgIpc) is 3.17. The second-order valence-electron chi connectivity index (χ2n) is 10.7. The third-order valence-electron chi connectivity index (χ3n) is 6.55. The third kappa shape index (κ3) is 7.33. The molecule has 222 valence electrons. The molecule has 0 radical (unpaired) electrons. The first kappa shape index (κ1) is 31.1. The number of nitrogens with zero attached hydrogens (tertiary/aromatic N) is 1. The van der Waals surface area contributed by atoms with E-state index in [1.165, 1.54) is 4.90 Å². The lowest BCUT2D eigenvalue weighted by Gasteiger charge is -2.19. The first-order valence-corrected chi connectivity index (χ1v) is 15.6. The number of carbonyl (C=O) groups excluding carboxylic acids is 2. The van der Waals surface area contributed by atoms with Gasteiger partial charge in [0, 0.05) is 36.5 Å². The van der Waals surface area contributed by atoms with Crippen LogP contribution in [-0.4, -0.2) is 52.5 Å². The molecule has 0 atom stereocenters. The minimum atomic E-state index is -3.85. The van der Waals surface area contributed by atoms with Crippen LogP contribution < -0.4 is 14.8 Å². The third-order valence-corrected chi connectivity index (χ3v) is 9.02. The van der Waals surface area contributed by atoms with Gasteiger partial charge < -0.3 is 14.8 Å². The van der Waals surface area contributed by atoms with Gasteiger partial charge in [-0.2, -0.15) is 0 Å². The Hall–Kier alpha value is -3.80. The number of hydrogen-bond donors (Lipinski definition) is 2. The standard InChI is InChI=1S/C31H35N3O6S2/c1-31(2,3)21-10-16-26(17-11-21)42(37,38)33-23-8-6-9-25(20-23)41-28-27(32-22-12-14-24(40-5)15-13-22)29(35)34(30(28)36)18-7-19-39-4/h6,8-17,20,32-33H,7,18-19H2,1-5H3. The lowest BCUT2D eigenvalue weighted by Crippen LogP contribution is -2.33. The molecule has 0 bridgehead atoms. The number of rotatable bonds is 12. The Kier molecular flexibility index (Phi) is 9.65. The van der Waals surface area contributed by atoms with Crippen LogP contribution in [0.5, 0.6) is 5.75 Å². The fourth-order valence-corrected chi connectivity index (χ4v) is 6.29. The van der Waals surface area contributed by atoms with E-state index in [4.69, 9.17) is 9.47 Å². The second kappa shape index (κ2) is 13.0. The molecule has 0 saturated carbocycles. The first-order valence-electron chi connectivity index (χ1n) is 13.3. The number of nitrogens with one attached hydrogen (secondary N) is 2. The molecule has 3 aromatic rings. The van der Waals surface area contributed by atoms with Crippen molar-refractivity contribution in [3.05, 3.63) is 89.0 Å². The molecular weight excluding hydrogens is 574 g/mol. The van der Waals surface area contributed by atoms with E-state index in [0.29, 0.717) is 35.0 Å². The summed E-state index contributed by atoms with van der Waals surface area (Å²) in [5.41, 5.74) is 2.02. The molecule has 0 spiro atoms. The molecular formula is C31H35N3O6S2. The van der Waals surface area contributed by atoms with Crippen molar-refractivity contribution in [2.45, 2.75) is 42.4 Å². The van der Waals surface area contributed by atoms with Gasteiger partial charge in [0.1, 0.15) is 16.4 Å². The van der Waals surface area contributed by atoms with Gasteiger partial charge in [0.25, 0.3) is 21.8 Å². The van der Waals surface area contributed by atoms with Gasteiger partial charge in [-0.1, -0.05) is 50.7 Å². The maximum Gasteiger partial charge on any atom is 0.278 e. The fourth-order valence-electron chi connectivity index (χ4n) is 4.24. The van der Waals surface area contributed by atoms with Crippen molar-refractivity contribution >= 4 is 45.0 Å². The number of hydrogen-bond acceptors (Lipinski definition) is 8. The first-order chi connectivity index (χ1) is 19.9. The van der Waals surface area contributed by atoms with Crippen molar-refractivity contribution in [2.75, 3.05) is 37.4 Å². The summed E-state index contributed by atoms with van der Waals surface area (Å²) in [4.78, 5) is 28.9. The molecule has 0 unspecified atom stereocenters. The number of sulfonamides is 1. The Morgan fingerprint density at radius 3 is 2.19 bits per heavy atom. The lowest BCUT2D eigenvalue weighted by molar-refractivity contribution is -0.137. The number of thioether (sulfide) groups is 1. The zero-order chi connectivity index (χ0) is 30.5. The molecule has 1 heterocycles. The highest BCUT2D eigenvalue weighted by Crippen LogP contribution is 2.37. The topological polar surface area (TPSA) is 114 Å². The number of methoxy groups -OCH3 is 2. The summed E-state index contributed by atoms with van der Waals surface area (Å²) < 4.78 is 39.2. The Balaban J connectivity index is 1.59. The molecule has 1 aliphatic heterocycles. The molecule has 9 nitrogen and oxygen atoms in total. The van der Waals surface area contributed by atoms with Crippen LogP contribution in [0, 0.1) is 0 Å². The van der Waals surface area contributed by atoms with Crippen molar-refractivity contribution in [1.82, 2.24) is 4.90 Å². The lowest BCUT2D eigenvalue weighted by atomic mass is 9.87. The summed E-state index contributed by atoms with van der Waals surface area (Å²) in [5, 5.41) is 3.10. The van der Waals surface area contributed by atoms with E-state index < -0.39 is 21.8 Å². The molecule has 42 heavy (non-hydrogen) atoms. The Morgan fingerprint density at radius 1 is 0.881 bits per heavy atom. The van der Waals surface area contributed by atoms with Crippen molar-refractivity contribution in [2.24, 2.45) is 0 Å². The summed E-state index contributed by atoms with van der Waals surface area (Å²) in [7, 11) is -0.728. The van der Waals surface area contributed by atoms with Gasteiger partial charge in [0.2, 0.25) is 0 Å². The second-order valence-corrected chi connectivity index (χ2v) is 13.4. The molecule has 4 rings (SSSR count). The van der Waals surface area contributed by atoms with E-state index in [9.17, 15) is 18.0 Å². The normalized spacial score (nSPS) is 14.0. The zero-order valence-corrected chi connectivity index (χ0v) is 25.9. The van der Waals surface area contributed by atoms with E-state index >= 15 is 0 Å². The van der Waals surface area contributed by atoms with Crippen LogP contribution in [0.4, 0.5) is 11.4 Å². The van der Waals surface area contributed by atoms with Crippen LogP contribution in [0.25, 0.3) is 0 Å². The average molecular weight is 610 g/mol. The van der Waals surface area contributed by atoms with Crippen molar-refractivity contribution in [3.63, 3.8) is 0 Å². The van der Waals surface area contributed by atoms with Gasteiger partial charge in [0.15, 0.2) is 0 Å². The molecule has 0 fully saturated rings. The maximum atomic E-state index is 13.4. The van der Waals surface area contributed by atoms with Gasteiger partial charge >= 0.3 is 0 Å². The quantitative estimate of drug-likeness (QED) is 0.201. The number of benzene rings is 3. The highest BCUT2D eigenvalue weighted by atomic mass is 32.2. The number of ether oxygens (including phenoxy) is 2. The maximum absolute atomic E-state index is 13.4. The van der Waals surface area contributed by atoms with Crippen LogP contribution >= 0.6 is 11.8 Å². The Morgan fingerprint density at radius 2 is 1.57 bits per heavy atom. The van der Waals surface area contributed by atoms with E-state index in [2.05, 4.69) is 30.8 Å². The Bertz CT molecular complexity index is 1580. The number of imide groups is 1. The van der Waals surface area contributed by atoms with Crippen LogP contribution in [0.3, 0.4) is 0 Å². The number of anilines is 2. The molecule has 0 aromatic heterocycles. The minimum Gasteiger partial charge on any atom is -0.497 e. The van der Waals surface area contributed by atoms with Gasteiger partial charge in [-0.05, 0) is 72.0 Å². The van der Waals surface area contributed by atoms with E-state index in [1.54, 1.807) is 74.9 Å². The van der Waals surface area contributed by atoms with E-state index in [1.807, 2.05) is 12.1 Å². The monoisotopic (exact) mass is 609 g/mol. The summed E-state index contributed by atoms with van der Waals surface area (Å²) in [6, 6.07) is 20.5. The summed E-state index contributed by atoms with van der Waals surface area (Å²) in [6.07, 6.45) is 0.496.